The molecular formula is C2H6NaO3S+. The molecule has 0 atom stereocenters. The van der Waals surface area contributed by atoms with E-state index in [0.717, 1.165) is 0 Å². The van der Waals surface area contributed by atoms with Crippen LogP contribution in [0.4, 0.5) is 0 Å². The van der Waals surface area contributed by atoms with Crippen LogP contribution in [0.2, 0.25) is 0 Å². The predicted octanol–water partition coefficient (Wildman–Crippen LogP) is -3.10. The molecule has 0 aromatic rings. The molecule has 38 valence electrons. The van der Waals surface area contributed by atoms with Crippen LogP contribution in [0.5, 0.6) is 0 Å². The molecule has 0 aromatic carbocycles. The third-order valence-electron chi connectivity index (χ3n) is 0.365. The van der Waals surface area contributed by atoms with Gasteiger partial charge in [-0.05, 0) is 6.92 Å². The van der Waals surface area contributed by atoms with E-state index in [9.17, 15) is 8.42 Å². The first-order chi connectivity index (χ1) is 2.56. The van der Waals surface area contributed by atoms with E-state index in [-0.39, 0.29) is 35.3 Å². The fourth-order valence-corrected chi connectivity index (χ4v) is 0. The first-order valence-corrected chi connectivity index (χ1v) is 3.12. The fraction of sp³-hybridized carbons (Fsp3) is 1.00. The van der Waals surface area contributed by atoms with E-state index in [1.807, 2.05) is 0 Å². The zero-order chi connectivity index (χ0) is 5.21. The molecule has 0 saturated heterocycles. The molecule has 3 nitrogen and oxygen atoms in total. The van der Waals surface area contributed by atoms with Crippen LogP contribution in [-0.4, -0.2) is 18.7 Å². The van der Waals surface area contributed by atoms with Gasteiger partial charge in [0.15, 0.2) is 0 Å². The van der Waals surface area contributed by atoms with E-state index in [2.05, 4.69) is 0 Å². The van der Waals surface area contributed by atoms with Gasteiger partial charge in [0.25, 0.3) is 10.1 Å². The average molecular weight is 133 g/mol. The Morgan fingerprint density at radius 3 is 1.71 bits per heavy atom. The maximum atomic E-state index is 9.56. The van der Waals surface area contributed by atoms with Crippen molar-refractivity contribution in [2.24, 2.45) is 0 Å². The minimum Gasteiger partial charge on any atom is -0.286 e. The third kappa shape index (κ3) is 10.9. The summed E-state index contributed by atoms with van der Waals surface area (Å²) in [5, 5.41) is 0. The third-order valence-corrected chi connectivity index (χ3v) is 1.09. The Labute approximate surface area is 65.1 Å². The van der Waals surface area contributed by atoms with Gasteiger partial charge in [0.1, 0.15) is 0 Å². The molecule has 0 rings (SSSR count). The van der Waals surface area contributed by atoms with Crippen LogP contribution >= 0.6 is 0 Å². The minimum atomic E-state index is -3.66. The first-order valence-electron chi connectivity index (χ1n) is 1.51. The maximum absolute atomic E-state index is 9.56. The Morgan fingerprint density at radius 1 is 1.57 bits per heavy atom. The second-order valence-corrected chi connectivity index (χ2v) is 2.61. The molecule has 0 aliphatic rings. The molecule has 0 amide bonds. The SMILES string of the molecule is CCS(=O)(=O)O.[Na+]. The largest absolute Gasteiger partial charge is 1.00 e. The van der Waals surface area contributed by atoms with Crippen molar-refractivity contribution in [1.29, 1.82) is 0 Å². The van der Waals surface area contributed by atoms with E-state index in [1.54, 1.807) is 0 Å². The van der Waals surface area contributed by atoms with Crippen molar-refractivity contribution in [3.8, 4) is 0 Å². The quantitative estimate of drug-likeness (QED) is 0.304. The van der Waals surface area contributed by atoms with Crippen molar-refractivity contribution in [2.75, 3.05) is 5.75 Å². The van der Waals surface area contributed by atoms with E-state index in [1.165, 1.54) is 6.92 Å². The van der Waals surface area contributed by atoms with Crippen LogP contribution < -0.4 is 29.6 Å². The summed E-state index contributed by atoms with van der Waals surface area (Å²) >= 11 is 0. The molecule has 0 radical (unpaired) electrons. The molecule has 0 fully saturated rings. The number of hydrogen-bond acceptors (Lipinski definition) is 2. The van der Waals surface area contributed by atoms with Crippen molar-refractivity contribution in [3.05, 3.63) is 0 Å². The second kappa shape index (κ2) is 3.86. The molecule has 0 aromatic heterocycles. The van der Waals surface area contributed by atoms with Crippen LogP contribution in [0.15, 0.2) is 0 Å². The Bertz CT molecular complexity index is 115. The summed E-state index contributed by atoms with van der Waals surface area (Å²) in [6, 6.07) is 0. The molecule has 0 heterocycles. The van der Waals surface area contributed by atoms with Crippen molar-refractivity contribution in [3.63, 3.8) is 0 Å². The van der Waals surface area contributed by atoms with Crippen LogP contribution in [0.3, 0.4) is 0 Å². The summed E-state index contributed by atoms with van der Waals surface area (Å²) < 4.78 is 26.9. The molecule has 0 bridgehead atoms. The van der Waals surface area contributed by atoms with Gasteiger partial charge in [-0.2, -0.15) is 8.42 Å². The Hall–Kier alpha value is 0.910. The van der Waals surface area contributed by atoms with Gasteiger partial charge in [0.05, 0.1) is 5.75 Å². The van der Waals surface area contributed by atoms with Crippen molar-refractivity contribution in [2.45, 2.75) is 6.92 Å². The monoisotopic (exact) mass is 133 g/mol. The van der Waals surface area contributed by atoms with Gasteiger partial charge in [-0.1, -0.05) is 0 Å². The summed E-state index contributed by atoms with van der Waals surface area (Å²) in [7, 11) is -3.66. The molecular weight excluding hydrogens is 127 g/mol. The van der Waals surface area contributed by atoms with E-state index in [4.69, 9.17) is 4.55 Å². The Kier molecular flexibility index (Phi) is 5.96. The van der Waals surface area contributed by atoms with Gasteiger partial charge in [0.2, 0.25) is 0 Å². The van der Waals surface area contributed by atoms with Crippen LogP contribution in [-0.2, 0) is 10.1 Å². The topological polar surface area (TPSA) is 54.4 Å². The van der Waals surface area contributed by atoms with E-state index in [0.29, 0.717) is 0 Å². The summed E-state index contributed by atoms with van der Waals surface area (Å²) in [6.07, 6.45) is 0. The summed E-state index contributed by atoms with van der Waals surface area (Å²) in [5.41, 5.74) is 0. The van der Waals surface area contributed by atoms with Crippen LogP contribution in [0.25, 0.3) is 0 Å². The Morgan fingerprint density at radius 2 is 1.71 bits per heavy atom. The number of rotatable bonds is 1. The van der Waals surface area contributed by atoms with Crippen LogP contribution in [0, 0.1) is 0 Å². The van der Waals surface area contributed by atoms with Gasteiger partial charge < -0.3 is 0 Å². The van der Waals surface area contributed by atoms with Gasteiger partial charge >= 0.3 is 29.6 Å². The zero-order valence-corrected chi connectivity index (χ0v) is 7.20. The molecule has 0 aliphatic carbocycles. The van der Waals surface area contributed by atoms with Gasteiger partial charge in [-0.15, -0.1) is 0 Å². The van der Waals surface area contributed by atoms with Gasteiger partial charge in [0, 0.05) is 0 Å². The summed E-state index contributed by atoms with van der Waals surface area (Å²) in [5.74, 6) is -0.201. The minimum absolute atomic E-state index is 0. The molecule has 5 heteroatoms. The standard InChI is InChI=1S/C2H6O3S.Na/c1-2-6(3,4)5;/h2H2,1H3,(H,3,4,5);/q;+1. The molecule has 0 aliphatic heterocycles. The zero-order valence-electron chi connectivity index (χ0n) is 4.38. The Balaban J connectivity index is 0. The molecule has 0 unspecified atom stereocenters. The van der Waals surface area contributed by atoms with Crippen molar-refractivity contribution in [1.82, 2.24) is 0 Å². The van der Waals surface area contributed by atoms with Gasteiger partial charge in [-0.3, -0.25) is 4.55 Å². The molecule has 0 saturated carbocycles. The predicted molar refractivity (Wildman–Crippen MR) is 22.1 cm³/mol. The normalized spacial score (nSPS) is 10.0. The average Bonchev–Trinajstić information content (AvgIpc) is 1.35. The molecule has 7 heavy (non-hydrogen) atoms. The maximum Gasteiger partial charge on any atom is 1.00 e. The smallest absolute Gasteiger partial charge is 0.286 e. The van der Waals surface area contributed by atoms with E-state index < -0.39 is 10.1 Å². The second-order valence-electron chi connectivity index (χ2n) is 0.871. The summed E-state index contributed by atoms with van der Waals surface area (Å²) in [4.78, 5) is 0. The number of hydrogen-bond donors (Lipinski definition) is 1. The summed E-state index contributed by atoms with van der Waals surface area (Å²) in [6.45, 7) is 1.37. The van der Waals surface area contributed by atoms with Crippen LogP contribution in [0.1, 0.15) is 6.92 Å². The van der Waals surface area contributed by atoms with E-state index >= 15 is 0 Å². The molecule has 0 spiro atoms. The fourth-order valence-electron chi connectivity index (χ4n) is 0. The van der Waals surface area contributed by atoms with Crippen molar-refractivity contribution < 1.29 is 42.5 Å². The first kappa shape index (κ1) is 10.8. The van der Waals surface area contributed by atoms with Crippen molar-refractivity contribution >= 4 is 10.1 Å². The van der Waals surface area contributed by atoms with Gasteiger partial charge in [-0.25, -0.2) is 0 Å². The molecule has 1 N–H and O–H groups in total.